The van der Waals surface area contributed by atoms with Crippen LogP contribution in [0.2, 0.25) is 5.02 Å². The van der Waals surface area contributed by atoms with Gasteiger partial charge in [0.2, 0.25) is 0 Å². The van der Waals surface area contributed by atoms with E-state index in [0.29, 0.717) is 22.1 Å². The molecule has 88 valence electrons. The molecule has 0 saturated heterocycles. The van der Waals surface area contributed by atoms with Crippen LogP contribution in [0.4, 0.5) is 0 Å². The maximum atomic E-state index is 9.22. The third kappa shape index (κ3) is 2.75. The molecule has 0 unspecified atom stereocenters. The Labute approximate surface area is 105 Å². The molecule has 0 amide bonds. The van der Waals surface area contributed by atoms with Gasteiger partial charge in [-0.25, -0.2) is 0 Å². The highest BCUT2D eigenvalue weighted by molar-refractivity contribution is 6.30. The Morgan fingerprint density at radius 1 is 1.29 bits per heavy atom. The Kier molecular flexibility index (Phi) is 3.61. The van der Waals surface area contributed by atoms with Gasteiger partial charge in [-0.05, 0) is 31.2 Å². The summed E-state index contributed by atoms with van der Waals surface area (Å²) in [7, 11) is 0. The normalized spacial score (nSPS) is 10.3. The molecule has 2 rings (SSSR count). The van der Waals surface area contributed by atoms with E-state index in [9.17, 15) is 5.11 Å². The van der Waals surface area contributed by atoms with Gasteiger partial charge in [-0.2, -0.15) is 0 Å². The average Bonchev–Trinajstić information content (AvgIpc) is 2.32. The van der Waals surface area contributed by atoms with Gasteiger partial charge in [0, 0.05) is 16.8 Å². The number of aliphatic hydroxyl groups is 1. The Morgan fingerprint density at radius 3 is 2.82 bits per heavy atom. The quantitative estimate of drug-likeness (QED) is 0.907. The summed E-state index contributed by atoms with van der Waals surface area (Å²) in [5.41, 5.74) is 1.48. The topological polar surface area (TPSA) is 42.4 Å². The number of hydrogen-bond acceptors (Lipinski definition) is 3. The second-order valence-electron chi connectivity index (χ2n) is 3.60. The fourth-order valence-corrected chi connectivity index (χ4v) is 1.61. The molecule has 0 aliphatic heterocycles. The molecule has 1 aromatic heterocycles. The fraction of sp³-hybridized carbons (Fsp3) is 0.154. The third-order valence-electron chi connectivity index (χ3n) is 2.38. The third-order valence-corrected chi connectivity index (χ3v) is 2.61. The van der Waals surface area contributed by atoms with Crippen LogP contribution in [0, 0.1) is 6.92 Å². The van der Waals surface area contributed by atoms with Crippen molar-refractivity contribution < 1.29 is 9.84 Å². The van der Waals surface area contributed by atoms with Gasteiger partial charge in [0.05, 0.1) is 12.3 Å². The highest BCUT2D eigenvalue weighted by Crippen LogP contribution is 2.29. The minimum Gasteiger partial charge on any atom is -0.455 e. The van der Waals surface area contributed by atoms with Crippen molar-refractivity contribution in [2.45, 2.75) is 13.5 Å². The van der Waals surface area contributed by atoms with Crippen LogP contribution < -0.4 is 4.74 Å². The zero-order valence-corrected chi connectivity index (χ0v) is 10.1. The molecule has 2 aromatic rings. The molecular formula is C13H12ClNO2. The van der Waals surface area contributed by atoms with Crippen molar-refractivity contribution >= 4 is 11.6 Å². The van der Waals surface area contributed by atoms with Crippen LogP contribution in [0.15, 0.2) is 36.5 Å². The SMILES string of the molecule is Cc1ncccc1Oc1cc(Cl)ccc1CO. The van der Waals surface area contributed by atoms with Gasteiger partial charge in [-0.3, -0.25) is 4.98 Å². The van der Waals surface area contributed by atoms with Crippen LogP contribution in [0.5, 0.6) is 11.5 Å². The predicted molar refractivity (Wildman–Crippen MR) is 66.4 cm³/mol. The van der Waals surface area contributed by atoms with E-state index >= 15 is 0 Å². The summed E-state index contributed by atoms with van der Waals surface area (Å²) >= 11 is 5.90. The first-order chi connectivity index (χ1) is 8.20. The van der Waals surface area contributed by atoms with Gasteiger partial charge in [0.25, 0.3) is 0 Å². The van der Waals surface area contributed by atoms with E-state index in [1.807, 2.05) is 13.0 Å². The van der Waals surface area contributed by atoms with Crippen LogP contribution >= 0.6 is 11.6 Å². The van der Waals surface area contributed by atoms with Gasteiger partial charge >= 0.3 is 0 Å². The Morgan fingerprint density at radius 2 is 2.12 bits per heavy atom. The molecule has 0 spiro atoms. The molecule has 0 aliphatic rings. The van der Waals surface area contributed by atoms with Crippen LogP contribution in [-0.4, -0.2) is 10.1 Å². The van der Waals surface area contributed by atoms with E-state index in [4.69, 9.17) is 16.3 Å². The van der Waals surface area contributed by atoms with Crippen molar-refractivity contribution in [2.24, 2.45) is 0 Å². The number of rotatable bonds is 3. The van der Waals surface area contributed by atoms with Crippen molar-refractivity contribution in [3.8, 4) is 11.5 Å². The van der Waals surface area contributed by atoms with E-state index in [-0.39, 0.29) is 6.61 Å². The van der Waals surface area contributed by atoms with E-state index < -0.39 is 0 Å². The molecule has 4 heteroatoms. The number of aromatic nitrogens is 1. The van der Waals surface area contributed by atoms with Crippen molar-refractivity contribution in [3.63, 3.8) is 0 Å². The minimum atomic E-state index is -0.0915. The first-order valence-corrected chi connectivity index (χ1v) is 5.57. The molecule has 1 heterocycles. The molecular weight excluding hydrogens is 238 g/mol. The van der Waals surface area contributed by atoms with Crippen molar-refractivity contribution in [2.75, 3.05) is 0 Å². The monoisotopic (exact) mass is 249 g/mol. The maximum absolute atomic E-state index is 9.22. The standard InChI is InChI=1S/C13H12ClNO2/c1-9-12(3-2-6-15-9)17-13-7-11(14)5-4-10(13)8-16/h2-7,16H,8H2,1H3. The van der Waals surface area contributed by atoms with Crippen LogP contribution in [0.25, 0.3) is 0 Å². The van der Waals surface area contributed by atoms with Crippen molar-refractivity contribution in [1.29, 1.82) is 0 Å². The summed E-state index contributed by atoms with van der Waals surface area (Å²) in [6.45, 7) is 1.77. The molecule has 0 aliphatic carbocycles. The van der Waals surface area contributed by atoms with Crippen LogP contribution in [0.3, 0.4) is 0 Å². The van der Waals surface area contributed by atoms with Crippen LogP contribution in [0.1, 0.15) is 11.3 Å². The lowest BCUT2D eigenvalue weighted by atomic mass is 10.2. The molecule has 1 aromatic carbocycles. The van der Waals surface area contributed by atoms with E-state index in [1.165, 1.54) is 0 Å². The summed E-state index contributed by atoms with van der Waals surface area (Å²) < 4.78 is 5.71. The second-order valence-corrected chi connectivity index (χ2v) is 4.04. The first-order valence-electron chi connectivity index (χ1n) is 5.19. The molecule has 0 radical (unpaired) electrons. The number of hydrogen-bond donors (Lipinski definition) is 1. The Bertz CT molecular complexity index is 529. The summed E-state index contributed by atoms with van der Waals surface area (Å²) in [4.78, 5) is 4.13. The highest BCUT2D eigenvalue weighted by Gasteiger charge is 2.07. The van der Waals surface area contributed by atoms with Crippen molar-refractivity contribution in [3.05, 3.63) is 52.8 Å². The van der Waals surface area contributed by atoms with Gasteiger partial charge in [-0.1, -0.05) is 17.7 Å². The van der Waals surface area contributed by atoms with Crippen LogP contribution in [-0.2, 0) is 6.61 Å². The number of pyridine rings is 1. The molecule has 1 N–H and O–H groups in total. The number of ether oxygens (including phenoxy) is 1. The Balaban J connectivity index is 2.35. The largest absolute Gasteiger partial charge is 0.455 e. The lowest BCUT2D eigenvalue weighted by Gasteiger charge is -2.11. The lowest BCUT2D eigenvalue weighted by molar-refractivity contribution is 0.276. The maximum Gasteiger partial charge on any atom is 0.148 e. The number of benzene rings is 1. The molecule has 3 nitrogen and oxygen atoms in total. The zero-order chi connectivity index (χ0) is 12.3. The highest BCUT2D eigenvalue weighted by atomic mass is 35.5. The number of nitrogens with zero attached hydrogens (tertiary/aromatic N) is 1. The second kappa shape index (κ2) is 5.17. The summed E-state index contributed by atoms with van der Waals surface area (Å²) in [5, 5.41) is 9.79. The van der Waals surface area contributed by atoms with Crippen molar-refractivity contribution in [1.82, 2.24) is 4.98 Å². The average molecular weight is 250 g/mol. The molecule has 0 atom stereocenters. The first kappa shape index (κ1) is 11.9. The minimum absolute atomic E-state index is 0.0915. The van der Waals surface area contributed by atoms with E-state index in [1.54, 1.807) is 30.5 Å². The summed E-state index contributed by atoms with van der Waals surface area (Å²) in [6.07, 6.45) is 1.70. The number of aryl methyl sites for hydroxylation is 1. The van der Waals surface area contributed by atoms with Gasteiger partial charge in [0.15, 0.2) is 0 Å². The molecule has 0 saturated carbocycles. The lowest BCUT2D eigenvalue weighted by Crippen LogP contribution is -1.94. The molecule has 17 heavy (non-hydrogen) atoms. The number of aliphatic hydroxyl groups excluding tert-OH is 1. The molecule has 0 fully saturated rings. The van der Waals surface area contributed by atoms with Gasteiger partial charge < -0.3 is 9.84 Å². The van der Waals surface area contributed by atoms with E-state index in [0.717, 1.165) is 5.69 Å². The number of halogens is 1. The molecule has 0 bridgehead atoms. The fourth-order valence-electron chi connectivity index (χ4n) is 1.45. The van der Waals surface area contributed by atoms with E-state index in [2.05, 4.69) is 4.98 Å². The zero-order valence-electron chi connectivity index (χ0n) is 9.35. The predicted octanol–water partition coefficient (Wildman–Crippen LogP) is 3.33. The summed E-state index contributed by atoms with van der Waals surface area (Å²) in [5.74, 6) is 1.21. The smallest absolute Gasteiger partial charge is 0.148 e. The summed E-state index contributed by atoms with van der Waals surface area (Å²) in [6, 6.07) is 8.76. The van der Waals surface area contributed by atoms with Gasteiger partial charge in [-0.15, -0.1) is 0 Å². The Hall–Kier alpha value is -1.58. The van der Waals surface area contributed by atoms with Gasteiger partial charge in [0.1, 0.15) is 11.5 Å².